The number of hydrogen-bond donors (Lipinski definition) is 0. The number of carbonyl (C=O) groups is 1. The van der Waals surface area contributed by atoms with Crippen LogP contribution in [-0.4, -0.2) is 63.3 Å². The van der Waals surface area contributed by atoms with Crippen molar-refractivity contribution >= 4 is 28.7 Å². The minimum absolute atomic E-state index is 0.000319. The molecule has 1 atom stereocenters. The number of fused-ring (bicyclic) bond motifs is 3. The summed E-state index contributed by atoms with van der Waals surface area (Å²) in [7, 11) is 1.74. The Kier molecular flexibility index (Phi) is 3.47. The van der Waals surface area contributed by atoms with E-state index in [1.54, 1.807) is 30.5 Å². The fraction of sp³-hybridized carbons (Fsp3) is 0.312. The Morgan fingerprint density at radius 2 is 2.19 bits per heavy atom. The molecular formula is C16H15N7O2S. The first-order valence-corrected chi connectivity index (χ1v) is 9.04. The van der Waals surface area contributed by atoms with Crippen LogP contribution >= 0.6 is 11.3 Å². The number of hydrogen-bond acceptors (Lipinski definition) is 8. The van der Waals surface area contributed by atoms with Crippen LogP contribution in [0, 0.1) is 0 Å². The van der Waals surface area contributed by atoms with Gasteiger partial charge in [0.2, 0.25) is 5.95 Å². The van der Waals surface area contributed by atoms with Crippen LogP contribution in [0.4, 0.5) is 11.5 Å². The number of imidazole rings is 1. The smallest absolute Gasteiger partial charge is 0.252 e. The van der Waals surface area contributed by atoms with Gasteiger partial charge in [-0.1, -0.05) is 0 Å². The third-order valence-electron chi connectivity index (χ3n) is 4.59. The van der Waals surface area contributed by atoms with Gasteiger partial charge in [0.15, 0.2) is 16.6 Å². The molecule has 1 unspecified atom stereocenters. The van der Waals surface area contributed by atoms with Gasteiger partial charge in [-0.25, -0.2) is 15.0 Å². The van der Waals surface area contributed by atoms with E-state index >= 15 is 0 Å². The van der Waals surface area contributed by atoms with Gasteiger partial charge in [-0.05, 0) is 0 Å². The van der Waals surface area contributed by atoms with Gasteiger partial charge in [0.25, 0.3) is 5.91 Å². The Morgan fingerprint density at radius 1 is 1.27 bits per heavy atom. The van der Waals surface area contributed by atoms with Gasteiger partial charge in [-0.3, -0.25) is 9.36 Å². The lowest BCUT2D eigenvalue weighted by atomic mass is 10.1. The van der Waals surface area contributed by atoms with E-state index < -0.39 is 0 Å². The number of rotatable bonds is 2. The van der Waals surface area contributed by atoms with Gasteiger partial charge < -0.3 is 14.5 Å². The average Bonchev–Trinajstić information content (AvgIpc) is 3.37. The maximum atomic E-state index is 12.6. The van der Waals surface area contributed by atoms with E-state index in [2.05, 4.69) is 15.0 Å². The minimum Gasteiger partial charge on any atom is -0.377 e. The van der Waals surface area contributed by atoms with Crippen molar-refractivity contribution in [2.24, 2.45) is 0 Å². The number of anilines is 2. The lowest BCUT2D eigenvalue weighted by Crippen LogP contribution is -2.58. The van der Waals surface area contributed by atoms with Gasteiger partial charge in [0, 0.05) is 37.6 Å². The van der Waals surface area contributed by atoms with Crippen molar-refractivity contribution in [3.8, 4) is 16.8 Å². The molecule has 5 rings (SSSR count). The van der Waals surface area contributed by atoms with E-state index in [9.17, 15) is 4.79 Å². The van der Waals surface area contributed by atoms with Crippen LogP contribution in [0.3, 0.4) is 0 Å². The number of thiazole rings is 1. The maximum Gasteiger partial charge on any atom is 0.252 e. The van der Waals surface area contributed by atoms with Gasteiger partial charge in [-0.2, -0.15) is 4.98 Å². The third kappa shape index (κ3) is 2.22. The highest BCUT2D eigenvalue weighted by Crippen LogP contribution is 2.35. The Morgan fingerprint density at radius 3 is 3.04 bits per heavy atom. The average molecular weight is 369 g/mol. The van der Waals surface area contributed by atoms with E-state index in [4.69, 9.17) is 9.72 Å². The van der Waals surface area contributed by atoms with Crippen molar-refractivity contribution in [2.75, 3.05) is 36.6 Å². The number of morpholine rings is 1. The highest BCUT2D eigenvalue weighted by atomic mass is 32.1. The number of amides is 1. The number of aromatic nitrogens is 5. The molecular weight excluding hydrogens is 354 g/mol. The molecule has 10 heteroatoms. The predicted octanol–water partition coefficient (Wildman–Crippen LogP) is 0.967. The van der Waals surface area contributed by atoms with E-state index in [1.807, 2.05) is 21.0 Å². The predicted molar refractivity (Wildman–Crippen MR) is 95.6 cm³/mol. The molecule has 2 aliphatic heterocycles. The molecule has 5 heterocycles. The molecule has 0 N–H and O–H groups in total. The van der Waals surface area contributed by atoms with Crippen molar-refractivity contribution in [1.82, 2.24) is 24.5 Å². The van der Waals surface area contributed by atoms with Gasteiger partial charge in [0.05, 0.1) is 19.4 Å². The minimum atomic E-state index is -0.342. The third-order valence-corrected chi connectivity index (χ3v) is 5.36. The SMILES string of the molecule is CN1C(=O)C2COCCN2c2nc(-n3ccnc3-c3nccs3)ncc21. The van der Waals surface area contributed by atoms with Crippen LogP contribution in [-0.2, 0) is 9.53 Å². The number of likely N-dealkylation sites (N-methyl/N-ethyl adjacent to an activating group) is 1. The van der Waals surface area contributed by atoms with E-state index in [1.165, 1.54) is 11.3 Å². The largest absolute Gasteiger partial charge is 0.377 e. The summed E-state index contributed by atoms with van der Waals surface area (Å²) in [5.41, 5.74) is 0.702. The number of ether oxygens (including phenoxy) is 1. The quantitative estimate of drug-likeness (QED) is 0.665. The van der Waals surface area contributed by atoms with Crippen molar-refractivity contribution in [2.45, 2.75) is 6.04 Å². The van der Waals surface area contributed by atoms with Crippen molar-refractivity contribution < 1.29 is 9.53 Å². The summed E-state index contributed by atoms with van der Waals surface area (Å²) in [6, 6.07) is -0.342. The molecule has 1 amide bonds. The van der Waals surface area contributed by atoms with Crippen LogP contribution < -0.4 is 9.80 Å². The molecule has 1 fully saturated rings. The van der Waals surface area contributed by atoms with Crippen LogP contribution in [0.5, 0.6) is 0 Å². The first-order valence-electron chi connectivity index (χ1n) is 8.16. The van der Waals surface area contributed by atoms with Gasteiger partial charge in [0.1, 0.15) is 11.7 Å². The molecule has 0 radical (unpaired) electrons. The first-order chi connectivity index (χ1) is 12.7. The molecule has 2 aliphatic rings. The molecule has 0 saturated carbocycles. The summed E-state index contributed by atoms with van der Waals surface area (Å²) >= 11 is 1.51. The summed E-state index contributed by atoms with van der Waals surface area (Å²) < 4.78 is 7.30. The summed E-state index contributed by atoms with van der Waals surface area (Å²) in [4.78, 5) is 34.1. The summed E-state index contributed by atoms with van der Waals surface area (Å²) in [6.07, 6.45) is 6.94. The molecule has 26 heavy (non-hydrogen) atoms. The highest BCUT2D eigenvalue weighted by molar-refractivity contribution is 7.13. The van der Waals surface area contributed by atoms with E-state index in [0.29, 0.717) is 37.2 Å². The molecule has 3 aromatic rings. The lowest BCUT2D eigenvalue weighted by molar-refractivity contribution is -0.122. The Bertz CT molecular complexity index is 971. The van der Waals surface area contributed by atoms with Crippen LogP contribution in [0.15, 0.2) is 30.2 Å². The van der Waals surface area contributed by atoms with E-state index in [-0.39, 0.29) is 11.9 Å². The number of nitrogens with zero attached hydrogens (tertiary/aromatic N) is 7. The fourth-order valence-corrected chi connectivity index (χ4v) is 3.91. The maximum absolute atomic E-state index is 12.6. The van der Waals surface area contributed by atoms with Crippen LogP contribution in [0.2, 0.25) is 0 Å². The zero-order chi connectivity index (χ0) is 17.7. The topological polar surface area (TPSA) is 89.3 Å². The molecule has 0 spiro atoms. The normalized spacial score (nSPS) is 19.4. The van der Waals surface area contributed by atoms with Crippen LogP contribution in [0.1, 0.15) is 0 Å². The van der Waals surface area contributed by atoms with Gasteiger partial charge >= 0.3 is 0 Å². The lowest BCUT2D eigenvalue weighted by Gasteiger charge is -2.42. The molecule has 3 aromatic heterocycles. The highest BCUT2D eigenvalue weighted by Gasteiger charge is 2.40. The van der Waals surface area contributed by atoms with Crippen molar-refractivity contribution in [3.05, 3.63) is 30.2 Å². The van der Waals surface area contributed by atoms with Crippen molar-refractivity contribution in [1.29, 1.82) is 0 Å². The molecule has 9 nitrogen and oxygen atoms in total. The Hall–Kier alpha value is -2.85. The molecule has 132 valence electrons. The van der Waals surface area contributed by atoms with E-state index in [0.717, 1.165) is 10.8 Å². The Labute approximate surface area is 152 Å². The molecule has 0 aromatic carbocycles. The molecule has 0 bridgehead atoms. The monoisotopic (exact) mass is 369 g/mol. The van der Waals surface area contributed by atoms with Crippen LogP contribution in [0.25, 0.3) is 16.8 Å². The number of carbonyl (C=O) groups excluding carboxylic acids is 1. The van der Waals surface area contributed by atoms with Crippen molar-refractivity contribution in [3.63, 3.8) is 0 Å². The zero-order valence-corrected chi connectivity index (χ0v) is 14.8. The summed E-state index contributed by atoms with van der Waals surface area (Å²) in [5.74, 6) is 1.93. The fourth-order valence-electron chi connectivity index (χ4n) is 3.28. The molecule has 1 saturated heterocycles. The second kappa shape index (κ2) is 5.85. The second-order valence-electron chi connectivity index (χ2n) is 6.02. The summed E-state index contributed by atoms with van der Waals surface area (Å²) in [5, 5.41) is 2.70. The standard InChI is InChI=1S/C16H15N7O2S/c1-21-10-8-19-16(23-4-2-17-13(23)14-18-3-7-26-14)20-12(10)22-5-6-25-9-11(22)15(21)24/h2-4,7-8,11H,5-6,9H2,1H3. The first kappa shape index (κ1) is 15.4. The Balaban J connectivity index is 1.62. The summed E-state index contributed by atoms with van der Waals surface area (Å²) in [6.45, 7) is 1.57. The zero-order valence-electron chi connectivity index (χ0n) is 13.9. The second-order valence-corrected chi connectivity index (χ2v) is 6.91. The van der Waals surface area contributed by atoms with Gasteiger partial charge in [-0.15, -0.1) is 11.3 Å². The molecule has 0 aliphatic carbocycles.